The lowest BCUT2D eigenvalue weighted by Crippen LogP contribution is -2.37. The number of carbonyl (C=O) groups is 3. The van der Waals surface area contributed by atoms with Crippen LogP contribution in [-0.4, -0.2) is 42.6 Å². The van der Waals surface area contributed by atoms with Crippen LogP contribution in [-0.2, 0) is 14.4 Å². The zero-order chi connectivity index (χ0) is 28.6. The van der Waals surface area contributed by atoms with Gasteiger partial charge in [0.05, 0.1) is 10.2 Å². The van der Waals surface area contributed by atoms with E-state index in [2.05, 4.69) is 32.8 Å². The van der Waals surface area contributed by atoms with Crippen LogP contribution in [0.25, 0.3) is 0 Å². The number of hydrogen-bond acceptors (Lipinski definition) is 6. The molecule has 210 valence electrons. The first-order valence-electron chi connectivity index (χ1n) is 13.9. The molecular weight excluding hydrogens is 619 g/mol. The molecule has 0 fully saturated rings. The van der Waals surface area contributed by atoms with E-state index in [1.165, 1.54) is 0 Å². The number of Topliss-reactive ketones (excluding diaryl/α,β-unsaturated/α-hetero) is 2. The lowest BCUT2D eigenvalue weighted by Gasteiger charge is -2.42. The van der Waals surface area contributed by atoms with E-state index in [0.29, 0.717) is 30.9 Å². The topological polar surface area (TPSA) is 84.9 Å². The van der Waals surface area contributed by atoms with Crippen LogP contribution >= 0.6 is 22.6 Å². The summed E-state index contributed by atoms with van der Waals surface area (Å²) in [5.74, 6) is 0.506. The van der Waals surface area contributed by atoms with Gasteiger partial charge in [-0.3, -0.25) is 14.4 Å². The number of aryl methyl sites for hydroxylation is 2. The zero-order valence-corrected chi connectivity index (χ0v) is 25.6. The Morgan fingerprint density at radius 2 is 1.62 bits per heavy atom. The summed E-state index contributed by atoms with van der Waals surface area (Å²) in [6.45, 7) is 6.08. The van der Waals surface area contributed by atoms with Crippen LogP contribution in [0.3, 0.4) is 0 Å². The first kappa shape index (κ1) is 28.4. The summed E-state index contributed by atoms with van der Waals surface area (Å²) in [6.07, 6.45) is 4.28. The first-order chi connectivity index (χ1) is 19.2. The molecule has 1 amide bonds. The lowest BCUT2D eigenvalue weighted by molar-refractivity contribution is -0.118. The molecule has 0 atom stereocenters. The van der Waals surface area contributed by atoms with Crippen LogP contribution in [0.2, 0.25) is 0 Å². The minimum atomic E-state index is -0.420. The number of nitrogens with one attached hydrogen (secondary N) is 1. The number of amides is 1. The normalized spacial score (nSPS) is 17.6. The molecular formula is C32H35IN2O5. The maximum Gasteiger partial charge on any atom is 0.262 e. The van der Waals surface area contributed by atoms with Crippen molar-refractivity contribution < 1.29 is 23.9 Å². The van der Waals surface area contributed by atoms with E-state index in [9.17, 15) is 14.4 Å². The monoisotopic (exact) mass is 654 g/mol. The molecule has 1 heterocycles. The molecule has 7 nitrogen and oxygen atoms in total. The van der Waals surface area contributed by atoms with Gasteiger partial charge in [-0.25, -0.2) is 0 Å². The van der Waals surface area contributed by atoms with Gasteiger partial charge in [-0.05, 0) is 98.4 Å². The molecule has 40 heavy (non-hydrogen) atoms. The van der Waals surface area contributed by atoms with Crippen molar-refractivity contribution in [3.63, 3.8) is 0 Å². The molecule has 2 aromatic rings. The van der Waals surface area contributed by atoms with E-state index in [1.54, 1.807) is 0 Å². The molecule has 2 aromatic carbocycles. The number of halogens is 1. The summed E-state index contributed by atoms with van der Waals surface area (Å²) in [6, 6.07) is 9.72. The van der Waals surface area contributed by atoms with Crippen molar-refractivity contribution in [1.29, 1.82) is 0 Å². The molecule has 0 unspecified atom stereocenters. The van der Waals surface area contributed by atoms with Crippen molar-refractivity contribution in [2.45, 2.75) is 65.2 Å². The third-order valence-electron chi connectivity index (χ3n) is 7.91. The zero-order valence-electron chi connectivity index (χ0n) is 23.5. The molecule has 1 aliphatic heterocycles. The number of nitrogens with zero attached hydrogens (tertiary/aromatic N) is 1. The maximum absolute atomic E-state index is 13.4. The van der Waals surface area contributed by atoms with Crippen LogP contribution in [0.4, 0.5) is 5.69 Å². The Morgan fingerprint density at radius 1 is 0.975 bits per heavy atom. The number of anilines is 1. The number of ether oxygens (including phenoxy) is 2. The SMILES string of the molecule is CCOc1cc(C2C3=C(CCCC3=O)N(C)C3=C2C(=O)CCC3)cc(I)c1OCC(=O)Nc1ccc(C)cc1C. The van der Waals surface area contributed by atoms with Crippen molar-refractivity contribution in [3.8, 4) is 11.5 Å². The van der Waals surface area contributed by atoms with E-state index in [0.717, 1.165) is 74.2 Å². The van der Waals surface area contributed by atoms with Crippen LogP contribution < -0.4 is 14.8 Å². The molecule has 1 N–H and O–H groups in total. The van der Waals surface area contributed by atoms with Crippen molar-refractivity contribution in [2.24, 2.45) is 0 Å². The number of allylic oxidation sites excluding steroid dienone is 4. The van der Waals surface area contributed by atoms with E-state index in [1.807, 2.05) is 58.2 Å². The fourth-order valence-electron chi connectivity index (χ4n) is 6.12. The summed E-state index contributed by atoms with van der Waals surface area (Å²) in [7, 11) is 1.99. The quantitative estimate of drug-likeness (QED) is 0.350. The Bertz CT molecular complexity index is 1410. The van der Waals surface area contributed by atoms with Crippen LogP contribution in [0.15, 0.2) is 52.9 Å². The van der Waals surface area contributed by atoms with Gasteiger partial charge in [-0.2, -0.15) is 0 Å². The molecule has 2 aliphatic carbocycles. The van der Waals surface area contributed by atoms with Crippen molar-refractivity contribution in [3.05, 3.63) is 73.1 Å². The summed E-state index contributed by atoms with van der Waals surface area (Å²) in [4.78, 5) is 41.6. The Balaban J connectivity index is 1.49. The van der Waals surface area contributed by atoms with Gasteiger partial charge >= 0.3 is 0 Å². The van der Waals surface area contributed by atoms with Gasteiger partial charge in [0.15, 0.2) is 29.7 Å². The van der Waals surface area contributed by atoms with Crippen molar-refractivity contribution in [1.82, 2.24) is 4.90 Å². The molecule has 0 radical (unpaired) electrons. The summed E-state index contributed by atoms with van der Waals surface area (Å²) in [5, 5.41) is 2.92. The highest BCUT2D eigenvalue weighted by atomic mass is 127. The molecule has 0 saturated heterocycles. The second-order valence-corrected chi connectivity index (χ2v) is 11.8. The number of rotatable bonds is 7. The number of hydrogen-bond donors (Lipinski definition) is 1. The molecule has 0 bridgehead atoms. The van der Waals surface area contributed by atoms with Gasteiger partial charge in [0.25, 0.3) is 5.91 Å². The van der Waals surface area contributed by atoms with E-state index >= 15 is 0 Å². The predicted octanol–water partition coefficient (Wildman–Crippen LogP) is 6.37. The van der Waals surface area contributed by atoms with E-state index < -0.39 is 5.92 Å². The number of benzene rings is 2. The Kier molecular flexibility index (Phi) is 8.35. The van der Waals surface area contributed by atoms with E-state index in [-0.39, 0.29) is 24.1 Å². The Labute approximate surface area is 249 Å². The van der Waals surface area contributed by atoms with Gasteiger partial charge < -0.3 is 19.7 Å². The summed E-state index contributed by atoms with van der Waals surface area (Å²) >= 11 is 2.19. The highest BCUT2D eigenvalue weighted by Gasteiger charge is 2.42. The Hall–Kier alpha value is -3.14. The van der Waals surface area contributed by atoms with E-state index in [4.69, 9.17) is 9.47 Å². The van der Waals surface area contributed by atoms with Crippen LogP contribution in [0.5, 0.6) is 11.5 Å². The average Bonchev–Trinajstić information content (AvgIpc) is 2.91. The van der Waals surface area contributed by atoms with Gasteiger partial charge in [0, 0.05) is 54.0 Å². The second kappa shape index (κ2) is 11.8. The van der Waals surface area contributed by atoms with Crippen LogP contribution in [0, 0.1) is 17.4 Å². The predicted molar refractivity (Wildman–Crippen MR) is 163 cm³/mol. The third-order valence-corrected chi connectivity index (χ3v) is 8.71. The number of ketones is 2. The summed E-state index contributed by atoms with van der Waals surface area (Å²) < 4.78 is 12.8. The smallest absolute Gasteiger partial charge is 0.262 e. The fraction of sp³-hybridized carbons (Fsp3) is 0.406. The average molecular weight is 655 g/mol. The van der Waals surface area contributed by atoms with Crippen molar-refractivity contribution in [2.75, 3.05) is 25.6 Å². The first-order valence-corrected chi connectivity index (χ1v) is 15.0. The fourth-order valence-corrected chi connectivity index (χ4v) is 6.90. The van der Waals surface area contributed by atoms with Crippen molar-refractivity contribution >= 4 is 45.8 Å². The highest BCUT2D eigenvalue weighted by Crippen LogP contribution is 2.50. The van der Waals surface area contributed by atoms with Crippen LogP contribution in [0.1, 0.15) is 68.1 Å². The maximum atomic E-state index is 13.4. The molecule has 5 rings (SSSR count). The van der Waals surface area contributed by atoms with Gasteiger partial charge in [0.1, 0.15) is 0 Å². The highest BCUT2D eigenvalue weighted by molar-refractivity contribution is 14.1. The molecule has 0 spiro atoms. The van der Waals surface area contributed by atoms with Gasteiger partial charge in [-0.15, -0.1) is 0 Å². The summed E-state index contributed by atoms with van der Waals surface area (Å²) in [5.41, 5.74) is 7.25. The molecule has 0 saturated carbocycles. The van der Waals surface area contributed by atoms with Gasteiger partial charge in [-0.1, -0.05) is 17.7 Å². The second-order valence-electron chi connectivity index (χ2n) is 10.7. The molecule has 3 aliphatic rings. The molecule has 8 heteroatoms. The number of carbonyl (C=O) groups excluding carboxylic acids is 3. The largest absolute Gasteiger partial charge is 0.490 e. The standard InChI is InChI=1S/C32H35IN2O5/c1-5-39-27-16-20(15-21(33)32(27)40-17-28(38)34-22-13-12-18(2)14-19(22)3)29-30-23(8-6-10-25(30)36)35(4)24-9-7-11-26(37)31(24)29/h12-16,29H,5-11,17H2,1-4H3,(H,34,38). The van der Waals surface area contributed by atoms with Gasteiger partial charge in [0.2, 0.25) is 0 Å². The molecule has 0 aromatic heterocycles. The Morgan fingerprint density at radius 3 is 2.23 bits per heavy atom. The third kappa shape index (κ3) is 5.42. The lowest BCUT2D eigenvalue weighted by atomic mass is 9.71. The minimum absolute atomic E-state index is 0.111. The minimum Gasteiger partial charge on any atom is -0.490 e.